The molecule has 0 atom stereocenters. The van der Waals surface area contributed by atoms with Gasteiger partial charge in [0, 0.05) is 12.6 Å². The maximum Gasteiger partial charge on any atom is 0.00789 e. The van der Waals surface area contributed by atoms with E-state index in [1.54, 1.807) is 0 Å². The zero-order chi connectivity index (χ0) is 11.0. The molecule has 0 aromatic heterocycles. The van der Waals surface area contributed by atoms with Crippen LogP contribution in [0.3, 0.4) is 0 Å². The Balaban J connectivity index is 1.44. The second kappa shape index (κ2) is 3.89. The summed E-state index contributed by atoms with van der Waals surface area (Å²) in [5.74, 6) is 0.811. The first kappa shape index (κ1) is 10.3. The number of benzene rings is 1. The second-order valence-corrected chi connectivity index (χ2v) is 5.97. The summed E-state index contributed by atoms with van der Waals surface area (Å²) >= 11 is 0. The Morgan fingerprint density at radius 2 is 1.88 bits per heavy atom. The van der Waals surface area contributed by atoms with E-state index in [0.717, 1.165) is 12.0 Å². The summed E-state index contributed by atoms with van der Waals surface area (Å²) in [6, 6.07) is 11.7. The van der Waals surface area contributed by atoms with Gasteiger partial charge in [-0.15, -0.1) is 0 Å². The fourth-order valence-electron chi connectivity index (χ4n) is 2.56. The van der Waals surface area contributed by atoms with Crippen molar-refractivity contribution in [3.8, 4) is 0 Å². The van der Waals surface area contributed by atoms with Crippen LogP contribution in [0.2, 0.25) is 0 Å². The van der Waals surface area contributed by atoms with Gasteiger partial charge >= 0.3 is 0 Å². The third kappa shape index (κ3) is 2.15. The maximum absolute atomic E-state index is 3.72. The summed E-state index contributed by atoms with van der Waals surface area (Å²) in [5.41, 5.74) is 2.18. The zero-order valence-corrected chi connectivity index (χ0v) is 10.1. The molecule has 1 nitrogen and oxygen atoms in total. The average Bonchev–Trinajstić information content (AvgIpc) is 2.96. The molecule has 1 aromatic carbocycles. The first-order valence-corrected chi connectivity index (χ1v) is 6.54. The summed E-state index contributed by atoms with van der Waals surface area (Å²) in [5, 5.41) is 3.72. The van der Waals surface area contributed by atoms with Gasteiger partial charge in [-0.3, -0.25) is 0 Å². The normalized spacial score (nSPS) is 30.8. The summed E-state index contributed by atoms with van der Waals surface area (Å²) in [4.78, 5) is 0. The standard InChI is InChI=1S/C15H21N/c1-15(7-8-15)11-16-14-9-13(10-14)12-5-3-2-4-6-12/h2-6,13-14,16H,7-11H2,1H3. The zero-order valence-electron chi connectivity index (χ0n) is 10.1. The molecular weight excluding hydrogens is 194 g/mol. The van der Waals surface area contributed by atoms with Crippen molar-refractivity contribution in [1.82, 2.24) is 5.32 Å². The van der Waals surface area contributed by atoms with Gasteiger partial charge in [0.1, 0.15) is 0 Å². The molecule has 0 saturated heterocycles. The Bertz CT molecular complexity index is 347. The largest absolute Gasteiger partial charge is 0.313 e. The molecule has 1 N–H and O–H groups in total. The van der Waals surface area contributed by atoms with E-state index in [9.17, 15) is 0 Å². The Morgan fingerprint density at radius 1 is 1.19 bits per heavy atom. The molecule has 1 heteroatoms. The molecule has 0 unspecified atom stereocenters. The quantitative estimate of drug-likeness (QED) is 0.812. The van der Waals surface area contributed by atoms with Crippen LogP contribution in [0, 0.1) is 5.41 Å². The lowest BCUT2D eigenvalue weighted by Gasteiger charge is -2.37. The third-order valence-corrected chi connectivity index (χ3v) is 4.33. The highest BCUT2D eigenvalue weighted by Crippen LogP contribution is 2.45. The van der Waals surface area contributed by atoms with Crippen molar-refractivity contribution in [2.24, 2.45) is 5.41 Å². The van der Waals surface area contributed by atoms with Crippen molar-refractivity contribution in [3.63, 3.8) is 0 Å². The van der Waals surface area contributed by atoms with Gasteiger partial charge in [0.2, 0.25) is 0 Å². The van der Waals surface area contributed by atoms with Gasteiger partial charge in [-0.2, -0.15) is 0 Å². The van der Waals surface area contributed by atoms with E-state index in [0.29, 0.717) is 5.41 Å². The maximum atomic E-state index is 3.72. The Hall–Kier alpha value is -0.820. The first-order valence-electron chi connectivity index (χ1n) is 6.54. The van der Waals surface area contributed by atoms with Crippen molar-refractivity contribution in [1.29, 1.82) is 0 Å². The van der Waals surface area contributed by atoms with Crippen LogP contribution in [0.4, 0.5) is 0 Å². The average molecular weight is 215 g/mol. The van der Waals surface area contributed by atoms with E-state index < -0.39 is 0 Å². The third-order valence-electron chi connectivity index (χ3n) is 4.33. The molecule has 2 saturated carbocycles. The highest BCUT2D eigenvalue weighted by Gasteiger charge is 2.38. The van der Waals surface area contributed by atoms with Crippen molar-refractivity contribution in [2.75, 3.05) is 6.54 Å². The monoisotopic (exact) mass is 215 g/mol. The van der Waals surface area contributed by atoms with E-state index in [4.69, 9.17) is 0 Å². The molecule has 86 valence electrons. The van der Waals surface area contributed by atoms with Gasteiger partial charge in [0.25, 0.3) is 0 Å². The Morgan fingerprint density at radius 3 is 2.50 bits per heavy atom. The van der Waals surface area contributed by atoms with E-state index >= 15 is 0 Å². The number of hydrogen-bond acceptors (Lipinski definition) is 1. The molecule has 2 fully saturated rings. The highest BCUT2D eigenvalue weighted by molar-refractivity contribution is 5.22. The van der Waals surface area contributed by atoms with Gasteiger partial charge in [-0.05, 0) is 42.6 Å². The molecule has 3 rings (SSSR count). The smallest absolute Gasteiger partial charge is 0.00789 e. The van der Waals surface area contributed by atoms with Gasteiger partial charge in [-0.1, -0.05) is 37.3 Å². The van der Waals surface area contributed by atoms with Crippen molar-refractivity contribution < 1.29 is 0 Å². The molecule has 0 aliphatic heterocycles. The molecule has 0 bridgehead atoms. The van der Waals surface area contributed by atoms with E-state index in [-0.39, 0.29) is 0 Å². The van der Waals surface area contributed by atoms with Crippen molar-refractivity contribution in [2.45, 2.75) is 44.6 Å². The van der Waals surface area contributed by atoms with Crippen LogP contribution >= 0.6 is 0 Å². The van der Waals surface area contributed by atoms with E-state index in [2.05, 4.69) is 42.6 Å². The molecule has 0 amide bonds. The summed E-state index contributed by atoms with van der Waals surface area (Å²) in [7, 11) is 0. The minimum absolute atomic E-state index is 0.651. The molecule has 16 heavy (non-hydrogen) atoms. The molecule has 2 aliphatic rings. The minimum Gasteiger partial charge on any atom is -0.313 e. The lowest BCUT2D eigenvalue weighted by Crippen LogP contribution is -2.42. The fraction of sp³-hybridized carbons (Fsp3) is 0.600. The SMILES string of the molecule is CC1(CNC2CC(c3ccccc3)C2)CC1. The first-order chi connectivity index (χ1) is 7.75. The second-order valence-electron chi connectivity index (χ2n) is 5.97. The predicted molar refractivity (Wildman–Crippen MR) is 67.5 cm³/mol. The van der Waals surface area contributed by atoms with Gasteiger partial charge in [0.05, 0.1) is 0 Å². The lowest BCUT2D eigenvalue weighted by atomic mass is 9.76. The summed E-state index contributed by atoms with van der Waals surface area (Å²) < 4.78 is 0. The molecule has 1 aromatic rings. The minimum atomic E-state index is 0.651. The van der Waals surface area contributed by atoms with Crippen molar-refractivity contribution in [3.05, 3.63) is 35.9 Å². The van der Waals surface area contributed by atoms with Crippen LogP contribution in [0.1, 0.15) is 44.1 Å². The molecule has 0 heterocycles. The van der Waals surface area contributed by atoms with Gasteiger partial charge < -0.3 is 5.32 Å². The van der Waals surface area contributed by atoms with Crippen LogP contribution in [0.25, 0.3) is 0 Å². The van der Waals surface area contributed by atoms with Gasteiger partial charge in [-0.25, -0.2) is 0 Å². The van der Waals surface area contributed by atoms with E-state index in [1.807, 2.05) is 0 Å². The number of rotatable bonds is 4. The van der Waals surface area contributed by atoms with Crippen molar-refractivity contribution >= 4 is 0 Å². The van der Waals surface area contributed by atoms with Crippen LogP contribution < -0.4 is 5.32 Å². The number of nitrogens with one attached hydrogen (secondary N) is 1. The summed E-state index contributed by atoms with van der Waals surface area (Å²) in [6.07, 6.45) is 5.52. The van der Waals surface area contributed by atoms with E-state index in [1.165, 1.54) is 37.8 Å². The van der Waals surface area contributed by atoms with Gasteiger partial charge in [0.15, 0.2) is 0 Å². The number of hydrogen-bond donors (Lipinski definition) is 1. The fourth-order valence-corrected chi connectivity index (χ4v) is 2.56. The van der Waals surface area contributed by atoms with Crippen LogP contribution in [0.15, 0.2) is 30.3 Å². The molecule has 0 spiro atoms. The van der Waals surface area contributed by atoms with Crippen LogP contribution in [-0.4, -0.2) is 12.6 Å². The molecule has 0 radical (unpaired) electrons. The highest BCUT2D eigenvalue weighted by atomic mass is 14.9. The molecular formula is C15H21N. The van der Waals surface area contributed by atoms with Crippen LogP contribution in [0.5, 0.6) is 0 Å². The summed E-state index contributed by atoms with van der Waals surface area (Å²) in [6.45, 7) is 3.63. The molecule has 2 aliphatic carbocycles. The topological polar surface area (TPSA) is 12.0 Å². The Kier molecular flexibility index (Phi) is 2.51. The Labute approximate surface area is 98.3 Å². The lowest BCUT2D eigenvalue weighted by molar-refractivity contribution is 0.275. The predicted octanol–water partition coefficient (Wildman–Crippen LogP) is 3.32. The van der Waals surface area contributed by atoms with Crippen LogP contribution in [-0.2, 0) is 0 Å².